The van der Waals surface area contributed by atoms with E-state index in [1.54, 1.807) is 10.9 Å². The molecule has 0 unspecified atom stereocenters. The average molecular weight is 411 g/mol. The van der Waals surface area contributed by atoms with Crippen molar-refractivity contribution in [3.05, 3.63) is 82.1 Å². The second-order valence-corrected chi connectivity index (χ2v) is 8.12. The molecule has 0 aliphatic heterocycles. The van der Waals surface area contributed by atoms with Crippen molar-refractivity contribution >= 4 is 17.5 Å². The largest absolute Gasteiger partial charge is 0.348 e. The van der Waals surface area contributed by atoms with Crippen LogP contribution >= 0.6 is 11.6 Å². The summed E-state index contributed by atoms with van der Waals surface area (Å²) >= 11 is 6.14. The lowest BCUT2D eigenvalue weighted by Crippen LogP contribution is -2.25. The van der Waals surface area contributed by atoms with Crippen molar-refractivity contribution in [1.29, 1.82) is 0 Å². The van der Waals surface area contributed by atoms with Crippen LogP contribution in [0.1, 0.15) is 46.9 Å². The van der Waals surface area contributed by atoms with Crippen LogP contribution in [-0.4, -0.2) is 34.7 Å². The molecule has 0 aliphatic carbocycles. The zero-order chi connectivity index (χ0) is 21.0. The van der Waals surface area contributed by atoms with Crippen LogP contribution in [0, 0.1) is 0 Å². The van der Waals surface area contributed by atoms with Gasteiger partial charge in [0.25, 0.3) is 5.91 Å². The minimum atomic E-state index is -0.123. The summed E-state index contributed by atoms with van der Waals surface area (Å²) in [5, 5.41) is 8.17. The van der Waals surface area contributed by atoms with Gasteiger partial charge in [0.05, 0.1) is 23.1 Å². The van der Waals surface area contributed by atoms with Crippen molar-refractivity contribution in [3.63, 3.8) is 0 Å². The van der Waals surface area contributed by atoms with E-state index in [0.717, 1.165) is 23.5 Å². The van der Waals surface area contributed by atoms with Crippen LogP contribution in [0.25, 0.3) is 5.69 Å². The van der Waals surface area contributed by atoms with E-state index in [9.17, 15) is 4.79 Å². The zero-order valence-corrected chi connectivity index (χ0v) is 18.1. The first-order valence-corrected chi connectivity index (χ1v) is 10.1. The van der Waals surface area contributed by atoms with Crippen LogP contribution in [0.3, 0.4) is 0 Å². The molecule has 0 spiro atoms. The molecular weight excluding hydrogens is 384 g/mol. The molecule has 0 saturated heterocycles. The molecule has 152 valence electrons. The molecule has 0 bridgehead atoms. The van der Waals surface area contributed by atoms with Crippen molar-refractivity contribution in [1.82, 2.24) is 20.0 Å². The molecule has 1 N–H and O–H groups in total. The second-order valence-electron chi connectivity index (χ2n) is 7.68. The van der Waals surface area contributed by atoms with Crippen LogP contribution in [0.5, 0.6) is 0 Å². The summed E-state index contributed by atoms with van der Waals surface area (Å²) in [6.07, 6.45) is 1.64. The smallest absolute Gasteiger partial charge is 0.255 e. The fourth-order valence-corrected chi connectivity index (χ4v) is 3.58. The number of rotatable bonds is 7. The number of nitrogens with zero attached hydrogens (tertiary/aromatic N) is 3. The Labute approximate surface area is 177 Å². The van der Waals surface area contributed by atoms with Crippen molar-refractivity contribution < 1.29 is 4.79 Å². The van der Waals surface area contributed by atoms with E-state index in [1.807, 2.05) is 50.5 Å². The molecule has 0 fully saturated rings. The van der Waals surface area contributed by atoms with Gasteiger partial charge in [-0.15, -0.1) is 0 Å². The predicted octanol–water partition coefficient (Wildman–Crippen LogP) is 4.64. The molecule has 2 aromatic carbocycles. The van der Waals surface area contributed by atoms with Gasteiger partial charge in [-0.05, 0) is 49.3 Å². The van der Waals surface area contributed by atoms with Crippen molar-refractivity contribution in [2.45, 2.75) is 32.9 Å². The van der Waals surface area contributed by atoms with E-state index in [0.29, 0.717) is 17.1 Å². The van der Waals surface area contributed by atoms with Gasteiger partial charge in [-0.25, -0.2) is 4.68 Å². The standard InChI is InChI=1S/C23H27ClN4O/c1-16(2)22-21(14-26-28(22)20-11-7-10-19(24)12-20)23(29)25-13-17-8-5-6-9-18(17)15-27(3)4/h5-12,14,16H,13,15H2,1-4H3,(H,25,29). The molecule has 3 rings (SSSR count). The molecule has 0 aliphatic rings. The van der Waals surface area contributed by atoms with Gasteiger partial charge in [0.15, 0.2) is 0 Å². The minimum absolute atomic E-state index is 0.123. The van der Waals surface area contributed by atoms with Gasteiger partial charge in [0, 0.05) is 18.1 Å². The first-order chi connectivity index (χ1) is 13.9. The molecule has 0 saturated carbocycles. The number of nitrogens with one attached hydrogen (secondary N) is 1. The molecule has 5 nitrogen and oxygen atoms in total. The number of carbonyl (C=O) groups excluding carboxylic acids is 1. The third-order valence-corrected chi connectivity index (χ3v) is 4.93. The topological polar surface area (TPSA) is 50.2 Å². The SMILES string of the molecule is CC(C)c1c(C(=O)NCc2ccccc2CN(C)C)cnn1-c1cccc(Cl)c1. The van der Waals surface area contributed by atoms with Gasteiger partial charge >= 0.3 is 0 Å². The number of benzene rings is 2. The molecule has 6 heteroatoms. The normalized spacial score (nSPS) is 11.3. The van der Waals surface area contributed by atoms with Gasteiger partial charge in [-0.2, -0.15) is 5.10 Å². The maximum atomic E-state index is 13.0. The van der Waals surface area contributed by atoms with Crippen molar-refractivity contribution in [3.8, 4) is 5.69 Å². The summed E-state index contributed by atoms with van der Waals surface area (Å²) in [4.78, 5) is 15.1. The van der Waals surface area contributed by atoms with Crippen LogP contribution in [0.15, 0.2) is 54.7 Å². The summed E-state index contributed by atoms with van der Waals surface area (Å²) in [7, 11) is 4.07. The lowest BCUT2D eigenvalue weighted by atomic mass is 10.0. The number of hydrogen-bond acceptors (Lipinski definition) is 3. The van der Waals surface area contributed by atoms with Gasteiger partial charge < -0.3 is 10.2 Å². The molecule has 3 aromatic rings. The number of halogens is 1. The van der Waals surface area contributed by atoms with E-state index in [1.165, 1.54) is 5.56 Å². The highest BCUT2D eigenvalue weighted by molar-refractivity contribution is 6.30. The number of amides is 1. The highest BCUT2D eigenvalue weighted by Crippen LogP contribution is 2.24. The predicted molar refractivity (Wildman–Crippen MR) is 118 cm³/mol. The maximum absolute atomic E-state index is 13.0. The highest BCUT2D eigenvalue weighted by atomic mass is 35.5. The Morgan fingerprint density at radius 1 is 1.14 bits per heavy atom. The van der Waals surface area contributed by atoms with Crippen molar-refractivity contribution in [2.24, 2.45) is 0 Å². The van der Waals surface area contributed by atoms with Crippen LogP contribution in [-0.2, 0) is 13.1 Å². The van der Waals surface area contributed by atoms with Crippen LogP contribution in [0.2, 0.25) is 5.02 Å². The lowest BCUT2D eigenvalue weighted by molar-refractivity contribution is 0.0949. The quantitative estimate of drug-likeness (QED) is 0.617. The Morgan fingerprint density at radius 3 is 2.52 bits per heavy atom. The third-order valence-electron chi connectivity index (χ3n) is 4.70. The fraction of sp³-hybridized carbons (Fsp3) is 0.304. The Hall–Kier alpha value is -2.63. The van der Waals surface area contributed by atoms with E-state index in [4.69, 9.17) is 11.6 Å². The fourth-order valence-electron chi connectivity index (χ4n) is 3.40. The van der Waals surface area contributed by atoms with E-state index >= 15 is 0 Å². The average Bonchev–Trinajstić information content (AvgIpc) is 3.12. The Kier molecular flexibility index (Phi) is 6.72. The Morgan fingerprint density at radius 2 is 1.86 bits per heavy atom. The number of carbonyl (C=O) groups is 1. The highest BCUT2D eigenvalue weighted by Gasteiger charge is 2.21. The Bertz CT molecular complexity index is 994. The summed E-state index contributed by atoms with van der Waals surface area (Å²) in [6.45, 7) is 5.42. The van der Waals surface area contributed by atoms with Crippen LogP contribution in [0.4, 0.5) is 0 Å². The molecule has 1 aromatic heterocycles. The second kappa shape index (κ2) is 9.25. The number of hydrogen-bond donors (Lipinski definition) is 1. The first kappa shape index (κ1) is 21.1. The summed E-state index contributed by atoms with van der Waals surface area (Å²) in [5.41, 5.74) is 4.62. The molecule has 1 heterocycles. The van der Waals surface area contributed by atoms with E-state index < -0.39 is 0 Å². The third kappa shape index (κ3) is 5.05. The zero-order valence-electron chi connectivity index (χ0n) is 17.3. The van der Waals surface area contributed by atoms with Gasteiger partial charge in [-0.3, -0.25) is 4.79 Å². The van der Waals surface area contributed by atoms with Gasteiger partial charge in [-0.1, -0.05) is 55.8 Å². The summed E-state index contributed by atoms with van der Waals surface area (Å²) in [5.74, 6) is -0.0000990. The lowest BCUT2D eigenvalue weighted by Gasteiger charge is -2.15. The monoisotopic (exact) mass is 410 g/mol. The summed E-state index contributed by atoms with van der Waals surface area (Å²) < 4.78 is 1.80. The Balaban J connectivity index is 1.84. The minimum Gasteiger partial charge on any atom is -0.348 e. The molecule has 0 atom stereocenters. The molecule has 1 amide bonds. The maximum Gasteiger partial charge on any atom is 0.255 e. The van der Waals surface area contributed by atoms with Crippen molar-refractivity contribution in [2.75, 3.05) is 14.1 Å². The summed E-state index contributed by atoms with van der Waals surface area (Å²) in [6, 6.07) is 15.7. The van der Waals surface area contributed by atoms with E-state index in [-0.39, 0.29) is 11.8 Å². The van der Waals surface area contributed by atoms with E-state index in [2.05, 4.69) is 41.3 Å². The number of aromatic nitrogens is 2. The van der Waals surface area contributed by atoms with Gasteiger partial charge in [0.1, 0.15) is 0 Å². The molecule has 29 heavy (non-hydrogen) atoms. The van der Waals surface area contributed by atoms with Gasteiger partial charge in [0.2, 0.25) is 0 Å². The first-order valence-electron chi connectivity index (χ1n) is 9.70. The molecular formula is C23H27ClN4O. The van der Waals surface area contributed by atoms with Crippen LogP contribution < -0.4 is 5.32 Å². The molecule has 0 radical (unpaired) electrons.